The van der Waals surface area contributed by atoms with E-state index in [1.807, 2.05) is 0 Å². The van der Waals surface area contributed by atoms with Gasteiger partial charge >= 0.3 is 0 Å². The molecule has 2 aromatic rings. The summed E-state index contributed by atoms with van der Waals surface area (Å²) in [5.41, 5.74) is 10.3. The first-order valence-corrected chi connectivity index (χ1v) is 6.18. The second-order valence-electron chi connectivity index (χ2n) is 4.36. The summed E-state index contributed by atoms with van der Waals surface area (Å²) in [7, 11) is 0. The van der Waals surface area contributed by atoms with E-state index >= 15 is 0 Å². The van der Waals surface area contributed by atoms with E-state index in [4.69, 9.17) is 18.0 Å². The zero-order chi connectivity index (χ0) is 12.6. The van der Waals surface area contributed by atoms with Crippen molar-refractivity contribution in [1.82, 2.24) is 9.55 Å². The van der Waals surface area contributed by atoms with Gasteiger partial charge in [0, 0.05) is 6.42 Å². The van der Waals surface area contributed by atoms with E-state index in [-0.39, 0.29) is 0 Å². The second-order valence-corrected chi connectivity index (χ2v) is 4.88. The predicted molar refractivity (Wildman–Crippen MR) is 75.4 cm³/mol. The molecular formula is C13H17N3S. The summed E-state index contributed by atoms with van der Waals surface area (Å²) in [5.74, 6) is 1.04. The number of benzene rings is 1. The van der Waals surface area contributed by atoms with Crippen molar-refractivity contribution in [2.24, 2.45) is 5.73 Å². The molecule has 0 aliphatic carbocycles. The highest BCUT2D eigenvalue weighted by Crippen LogP contribution is 2.21. The Labute approximate surface area is 107 Å². The van der Waals surface area contributed by atoms with Gasteiger partial charge in [0.15, 0.2) is 0 Å². The van der Waals surface area contributed by atoms with Crippen LogP contribution >= 0.6 is 12.2 Å². The van der Waals surface area contributed by atoms with Gasteiger partial charge in [0.05, 0.1) is 22.6 Å². The van der Waals surface area contributed by atoms with E-state index in [9.17, 15) is 0 Å². The van der Waals surface area contributed by atoms with Crippen molar-refractivity contribution in [3.8, 4) is 0 Å². The standard InChI is InChI=1S/C13H17N3S/c1-4-13-15-10-5-8(2)9(3)6-11(10)16(13)7-12(14)17/h5-6H,4,7H2,1-3H3,(H2,14,17). The molecule has 0 saturated carbocycles. The lowest BCUT2D eigenvalue weighted by Gasteiger charge is -2.07. The molecule has 0 spiro atoms. The SMILES string of the molecule is CCc1nc2cc(C)c(C)cc2n1CC(N)=S. The molecule has 1 heterocycles. The first kappa shape index (κ1) is 12.0. The molecular weight excluding hydrogens is 230 g/mol. The molecule has 0 saturated heterocycles. The maximum Gasteiger partial charge on any atom is 0.109 e. The van der Waals surface area contributed by atoms with Crippen LogP contribution in [0.4, 0.5) is 0 Å². The van der Waals surface area contributed by atoms with Crippen LogP contribution < -0.4 is 5.73 Å². The third kappa shape index (κ3) is 2.17. The van der Waals surface area contributed by atoms with Crippen LogP contribution in [0.1, 0.15) is 23.9 Å². The Bertz CT molecular complexity index is 584. The number of nitrogens with zero attached hydrogens (tertiary/aromatic N) is 2. The number of hydrogen-bond acceptors (Lipinski definition) is 2. The summed E-state index contributed by atoms with van der Waals surface area (Å²) in [6, 6.07) is 4.29. The topological polar surface area (TPSA) is 43.8 Å². The van der Waals surface area contributed by atoms with Gasteiger partial charge in [-0.25, -0.2) is 4.98 Å². The quantitative estimate of drug-likeness (QED) is 0.848. The zero-order valence-electron chi connectivity index (χ0n) is 10.4. The molecule has 1 aromatic heterocycles. The van der Waals surface area contributed by atoms with Gasteiger partial charge in [-0.05, 0) is 37.1 Å². The smallest absolute Gasteiger partial charge is 0.109 e. The van der Waals surface area contributed by atoms with Gasteiger partial charge in [-0.1, -0.05) is 19.1 Å². The van der Waals surface area contributed by atoms with Crippen molar-refractivity contribution in [2.45, 2.75) is 33.7 Å². The van der Waals surface area contributed by atoms with E-state index in [1.165, 1.54) is 11.1 Å². The number of thiocarbonyl (C=S) groups is 1. The van der Waals surface area contributed by atoms with Gasteiger partial charge in [-0.3, -0.25) is 0 Å². The fourth-order valence-electron chi connectivity index (χ4n) is 2.03. The zero-order valence-corrected chi connectivity index (χ0v) is 11.3. The fourth-order valence-corrected chi connectivity index (χ4v) is 2.16. The van der Waals surface area contributed by atoms with Gasteiger partial charge in [0.1, 0.15) is 5.82 Å². The van der Waals surface area contributed by atoms with Gasteiger partial charge in [0.2, 0.25) is 0 Å². The van der Waals surface area contributed by atoms with Crippen molar-refractivity contribution in [3.63, 3.8) is 0 Å². The largest absolute Gasteiger partial charge is 0.392 e. The highest BCUT2D eigenvalue weighted by atomic mass is 32.1. The van der Waals surface area contributed by atoms with Crippen LogP contribution in [0.5, 0.6) is 0 Å². The molecule has 0 atom stereocenters. The van der Waals surface area contributed by atoms with Gasteiger partial charge < -0.3 is 10.3 Å². The summed E-state index contributed by atoms with van der Waals surface area (Å²) in [4.78, 5) is 5.13. The fraction of sp³-hybridized carbons (Fsp3) is 0.385. The molecule has 0 bridgehead atoms. The Kier molecular flexibility index (Phi) is 3.15. The molecule has 3 nitrogen and oxygen atoms in total. The molecule has 0 unspecified atom stereocenters. The van der Waals surface area contributed by atoms with E-state index < -0.39 is 0 Å². The number of rotatable bonds is 3. The van der Waals surface area contributed by atoms with Gasteiger partial charge in [-0.15, -0.1) is 0 Å². The van der Waals surface area contributed by atoms with Crippen LogP contribution in [-0.2, 0) is 13.0 Å². The van der Waals surface area contributed by atoms with E-state index in [1.54, 1.807) is 0 Å². The van der Waals surface area contributed by atoms with Gasteiger partial charge in [-0.2, -0.15) is 0 Å². The third-order valence-corrected chi connectivity index (χ3v) is 3.20. The molecule has 1 aromatic carbocycles. The predicted octanol–water partition coefficient (Wildman–Crippen LogP) is 2.50. The van der Waals surface area contributed by atoms with Crippen LogP contribution in [0, 0.1) is 13.8 Å². The van der Waals surface area contributed by atoms with E-state index in [0.29, 0.717) is 11.5 Å². The Morgan fingerprint density at radius 1 is 1.35 bits per heavy atom. The monoisotopic (exact) mass is 247 g/mol. The number of imidazole rings is 1. The van der Waals surface area contributed by atoms with Crippen molar-refractivity contribution < 1.29 is 0 Å². The summed E-state index contributed by atoms with van der Waals surface area (Å²) in [6.07, 6.45) is 0.884. The lowest BCUT2D eigenvalue weighted by atomic mass is 10.1. The van der Waals surface area contributed by atoms with Crippen molar-refractivity contribution >= 4 is 28.2 Å². The van der Waals surface area contributed by atoms with Crippen LogP contribution in [0.15, 0.2) is 12.1 Å². The lowest BCUT2D eigenvalue weighted by molar-refractivity contribution is 0.791. The molecule has 0 amide bonds. The normalized spacial score (nSPS) is 11.0. The Balaban J connectivity index is 2.69. The van der Waals surface area contributed by atoms with Crippen LogP contribution in [0.25, 0.3) is 11.0 Å². The minimum absolute atomic E-state index is 0.497. The molecule has 4 heteroatoms. The maximum atomic E-state index is 5.65. The van der Waals surface area contributed by atoms with E-state index in [0.717, 1.165) is 23.3 Å². The van der Waals surface area contributed by atoms with Gasteiger partial charge in [0.25, 0.3) is 0 Å². The van der Waals surface area contributed by atoms with E-state index in [2.05, 4.69) is 42.5 Å². The Morgan fingerprint density at radius 3 is 2.59 bits per heavy atom. The molecule has 0 aliphatic heterocycles. The molecule has 0 radical (unpaired) electrons. The minimum Gasteiger partial charge on any atom is -0.392 e. The summed E-state index contributed by atoms with van der Waals surface area (Å²) in [5, 5.41) is 0. The highest BCUT2D eigenvalue weighted by Gasteiger charge is 2.11. The average Bonchev–Trinajstić information content (AvgIpc) is 2.57. The minimum atomic E-state index is 0.497. The highest BCUT2D eigenvalue weighted by molar-refractivity contribution is 7.80. The summed E-state index contributed by atoms with van der Waals surface area (Å²) < 4.78 is 2.12. The van der Waals surface area contributed by atoms with Crippen molar-refractivity contribution in [1.29, 1.82) is 0 Å². The van der Waals surface area contributed by atoms with Crippen LogP contribution in [0.3, 0.4) is 0 Å². The number of fused-ring (bicyclic) bond motifs is 1. The number of hydrogen-bond donors (Lipinski definition) is 1. The number of nitrogens with two attached hydrogens (primary N) is 1. The Morgan fingerprint density at radius 2 is 2.00 bits per heavy atom. The molecule has 2 N–H and O–H groups in total. The molecule has 0 aliphatic rings. The third-order valence-electron chi connectivity index (χ3n) is 3.07. The maximum absolute atomic E-state index is 5.65. The lowest BCUT2D eigenvalue weighted by Crippen LogP contribution is -2.18. The molecule has 0 fully saturated rings. The molecule has 17 heavy (non-hydrogen) atoms. The molecule has 2 rings (SSSR count). The van der Waals surface area contributed by atoms with Crippen molar-refractivity contribution in [2.75, 3.05) is 0 Å². The first-order chi connectivity index (χ1) is 8.02. The summed E-state index contributed by atoms with van der Waals surface area (Å²) in [6.45, 7) is 6.87. The van der Waals surface area contributed by atoms with Crippen molar-refractivity contribution in [3.05, 3.63) is 29.1 Å². The number of aromatic nitrogens is 2. The summed E-state index contributed by atoms with van der Waals surface area (Å²) >= 11 is 5.00. The first-order valence-electron chi connectivity index (χ1n) is 5.77. The average molecular weight is 247 g/mol. The second kappa shape index (κ2) is 4.45. The Hall–Kier alpha value is -1.42. The number of aryl methyl sites for hydroxylation is 3. The molecule has 90 valence electrons. The van der Waals surface area contributed by atoms with Crippen LogP contribution in [0.2, 0.25) is 0 Å². The van der Waals surface area contributed by atoms with Crippen LogP contribution in [-0.4, -0.2) is 14.5 Å².